The molecular formula is C33H50N4O8. The van der Waals surface area contributed by atoms with Gasteiger partial charge in [-0.25, -0.2) is 9.59 Å². The molecule has 2 aromatic carbocycles. The largest absolute Gasteiger partial charge is 0.465 e. The maximum Gasteiger partial charge on any atom is 0.408 e. The molecule has 5 atom stereocenters. The van der Waals surface area contributed by atoms with E-state index in [1.807, 2.05) is 60.7 Å². The standard InChI is InChI=1S/C33H50N4O8/c1-32(2,3)28(36-30(42)45-6)29(41)35-24(17-22-13-9-7-10-14-22)26(39)19-34-20-27(40)25(18-23-15-11-8-12-16-23)37(31(43)44)33(4,5)21-38/h7-16,24-28,34,38-40H,17-21H2,1-6H3,(H,35,41)(H,36,42)(H,43,44)/t24-,25-,26+,27+,28+/m0/s1. The molecule has 0 aliphatic rings. The molecule has 0 aromatic heterocycles. The Bertz CT molecular complexity index is 1210. The molecule has 0 spiro atoms. The Morgan fingerprint density at radius 2 is 1.33 bits per heavy atom. The lowest BCUT2D eigenvalue weighted by Crippen LogP contribution is -2.61. The van der Waals surface area contributed by atoms with Gasteiger partial charge in [0.1, 0.15) is 6.04 Å². The van der Waals surface area contributed by atoms with Crippen LogP contribution in [0.2, 0.25) is 0 Å². The molecule has 0 heterocycles. The maximum absolute atomic E-state index is 13.4. The van der Waals surface area contributed by atoms with Gasteiger partial charge < -0.3 is 41.1 Å². The van der Waals surface area contributed by atoms with E-state index in [0.717, 1.165) is 16.0 Å². The molecule has 250 valence electrons. The number of carbonyl (C=O) groups is 3. The van der Waals surface area contributed by atoms with Crippen LogP contribution in [0.25, 0.3) is 0 Å². The second kappa shape index (κ2) is 17.1. The Kier molecular flexibility index (Phi) is 14.3. The number of benzene rings is 2. The third-order valence-electron chi connectivity index (χ3n) is 7.68. The number of hydrogen-bond donors (Lipinski definition) is 7. The monoisotopic (exact) mass is 630 g/mol. The van der Waals surface area contributed by atoms with Crippen LogP contribution >= 0.6 is 0 Å². The summed E-state index contributed by atoms with van der Waals surface area (Å²) in [7, 11) is 1.21. The first-order valence-electron chi connectivity index (χ1n) is 15.0. The second-order valence-electron chi connectivity index (χ2n) is 12.9. The van der Waals surface area contributed by atoms with E-state index >= 15 is 0 Å². The summed E-state index contributed by atoms with van der Waals surface area (Å²) in [6, 6.07) is 15.8. The van der Waals surface area contributed by atoms with Gasteiger partial charge in [-0.3, -0.25) is 9.69 Å². The van der Waals surface area contributed by atoms with Crippen LogP contribution in [-0.2, 0) is 22.4 Å². The topological polar surface area (TPSA) is 181 Å². The second-order valence-corrected chi connectivity index (χ2v) is 12.9. The molecule has 0 radical (unpaired) electrons. The fourth-order valence-corrected chi connectivity index (χ4v) is 5.11. The molecule has 12 nitrogen and oxygen atoms in total. The molecule has 0 bridgehead atoms. The number of rotatable bonds is 16. The summed E-state index contributed by atoms with van der Waals surface area (Å²) in [6.45, 7) is 7.97. The van der Waals surface area contributed by atoms with Crippen molar-refractivity contribution in [2.75, 3.05) is 26.8 Å². The number of carboxylic acid groups (broad SMARTS) is 1. The van der Waals surface area contributed by atoms with Gasteiger partial charge in [0.15, 0.2) is 0 Å². The Morgan fingerprint density at radius 3 is 1.80 bits per heavy atom. The molecule has 45 heavy (non-hydrogen) atoms. The zero-order valence-corrected chi connectivity index (χ0v) is 27.1. The van der Waals surface area contributed by atoms with Crippen molar-refractivity contribution in [3.8, 4) is 0 Å². The highest BCUT2D eigenvalue weighted by Gasteiger charge is 2.40. The Hall–Kier alpha value is -3.71. The minimum absolute atomic E-state index is 0.0476. The van der Waals surface area contributed by atoms with Crippen molar-refractivity contribution >= 4 is 18.1 Å². The summed E-state index contributed by atoms with van der Waals surface area (Å²) >= 11 is 0. The highest BCUT2D eigenvalue weighted by molar-refractivity contribution is 5.86. The number of nitrogens with one attached hydrogen (secondary N) is 3. The highest BCUT2D eigenvalue weighted by Crippen LogP contribution is 2.23. The summed E-state index contributed by atoms with van der Waals surface area (Å²) in [4.78, 5) is 38.8. The van der Waals surface area contributed by atoms with Crippen LogP contribution in [-0.4, -0.2) is 106 Å². The fourth-order valence-electron chi connectivity index (χ4n) is 5.11. The number of amides is 3. The third kappa shape index (κ3) is 11.6. The van der Waals surface area contributed by atoms with Crippen molar-refractivity contribution < 1.29 is 39.5 Å². The zero-order chi connectivity index (χ0) is 33.8. The molecule has 0 aliphatic heterocycles. The Morgan fingerprint density at radius 1 is 0.822 bits per heavy atom. The van der Waals surface area contributed by atoms with Gasteiger partial charge in [-0.15, -0.1) is 0 Å². The lowest BCUT2D eigenvalue weighted by molar-refractivity contribution is -0.127. The number of hydrogen-bond acceptors (Lipinski definition) is 8. The third-order valence-corrected chi connectivity index (χ3v) is 7.68. The molecule has 3 amide bonds. The summed E-state index contributed by atoms with van der Waals surface area (Å²) in [5.74, 6) is -0.501. The molecule has 2 aromatic rings. The van der Waals surface area contributed by atoms with Crippen molar-refractivity contribution in [3.63, 3.8) is 0 Å². The van der Waals surface area contributed by atoms with Gasteiger partial charge in [0.05, 0.1) is 43.5 Å². The van der Waals surface area contributed by atoms with Crippen molar-refractivity contribution in [3.05, 3.63) is 71.8 Å². The van der Waals surface area contributed by atoms with Crippen LogP contribution in [0, 0.1) is 5.41 Å². The van der Waals surface area contributed by atoms with Crippen LogP contribution in [0.4, 0.5) is 9.59 Å². The van der Waals surface area contributed by atoms with Crippen LogP contribution in [0.1, 0.15) is 45.7 Å². The van der Waals surface area contributed by atoms with Crippen molar-refractivity contribution in [1.82, 2.24) is 20.9 Å². The predicted octanol–water partition coefficient (Wildman–Crippen LogP) is 2.16. The number of carbonyl (C=O) groups excluding carboxylic acids is 2. The summed E-state index contributed by atoms with van der Waals surface area (Å²) in [5.41, 5.74) is -0.184. The van der Waals surface area contributed by atoms with E-state index in [-0.39, 0.29) is 25.9 Å². The first-order chi connectivity index (χ1) is 21.1. The number of ether oxygens (including phenoxy) is 1. The van der Waals surface area contributed by atoms with E-state index in [0.29, 0.717) is 0 Å². The molecule has 0 aliphatic carbocycles. The van der Waals surface area contributed by atoms with Crippen molar-refractivity contribution in [2.24, 2.45) is 5.41 Å². The minimum Gasteiger partial charge on any atom is -0.465 e. The number of alkyl carbamates (subject to hydrolysis) is 1. The van der Waals surface area contributed by atoms with Gasteiger partial charge in [0.2, 0.25) is 5.91 Å². The van der Waals surface area contributed by atoms with Gasteiger partial charge in [-0.1, -0.05) is 81.4 Å². The van der Waals surface area contributed by atoms with E-state index in [1.165, 1.54) is 7.11 Å². The molecule has 12 heteroatoms. The van der Waals surface area contributed by atoms with Gasteiger partial charge in [-0.2, -0.15) is 0 Å². The first kappa shape index (κ1) is 37.5. The van der Waals surface area contributed by atoms with Crippen molar-refractivity contribution in [2.45, 2.75) is 83.3 Å². The summed E-state index contributed by atoms with van der Waals surface area (Å²) in [6.07, 6.45) is -3.91. The van der Waals surface area contributed by atoms with E-state index in [9.17, 15) is 34.8 Å². The fraction of sp³-hybridized carbons (Fsp3) is 0.545. The van der Waals surface area contributed by atoms with E-state index in [4.69, 9.17) is 4.74 Å². The smallest absolute Gasteiger partial charge is 0.408 e. The van der Waals surface area contributed by atoms with E-state index in [1.54, 1.807) is 34.6 Å². The molecular weight excluding hydrogens is 580 g/mol. The van der Waals surface area contributed by atoms with Gasteiger partial charge in [0.25, 0.3) is 0 Å². The molecule has 2 rings (SSSR count). The molecule has 7 N–H and O–H groups in total. The maximum atomic E-state index is 13.4. The molecule has 0 saturated heterocycles. The van der Waals surface area contributed by atoms with Crippen LogP contribution in [0.5, 0.6) is 0 Å². The number of aliphatic hydroxyl groups is 3. The van der Waals surface area contributed by atoms with Gasteiger partial charge in [-0.05, 0) is 43.2 Å². The highest BCUT2D eigenvalue weighted by atomic mass is 16.5. The Labute approximate surface area is 265 Å². The first-order valence-corrected chi connectivity index (χ1v) is 15.0. The van der Waals surface area contributed by atoms with Crippen LogP contribution in [0.15, 0.2) is 60.7 Å². The van der Waals surface area contributed by atoms with Crippen LogP contribution in [0.3, 0.4) is 0 Å². The number of aliphatic hydroxyl groups excluding tert-OH is 3. The van der Waals surface area contributed by atoms with E-state index in [2.05, 4.69) is 16.0 Å². The minimum atomic E-state index is -1.28. The van der Waals surface area contributed by atoms with Crippen LogP contribution < -0.4 is 16.0 Å². The summed E-state index contributed by atoms with van der Waals surface area (Å²) < 4.78 is 4.70. The molecule has 0 unspecified atom stereocenters. The normalized spacial score (nSPS) is 15.2. The molecule has 0 fully saturated rings. The van der Waals surface area contributed by atoms with E-state index < -0.39 is 66.0 Å². The zero-order valence-electron chi connectivity index (χ0n) is 27.1. The lowest BCUT2D eigenvalue weighted by Gasteiger charge is -2.43. The average Bonchev–Trinajstić information content (AvgIpc) is 2.98. The Balaban J connectivity index is 2.24. The summed E-state index contributed by atoms with van der Waals surface area (Å²) in [5, 5.41) is 51.1. The van der Waals surface area contributed by atoms with Gasteiger partial charge >= 0.3 is 12.2 Å². The number of methoxy groups -OCH3 is 1. The average molecular weight is 631 g/mol. The molecule has 0 saturated carbocycles. The van der Waals surface area contributed by atoms with Crippen molar-refractivity contribution in [1.29, 1.82) is 0 Å². The lowest BCUT2D eigenvalue weighted by atomic mass is 9.85. The number of nitrogens with zero attached hydrogens (tertiary/aromatic N) is 1. The van der Waals surface area contributed by atoms with Gasteiger partial charge in [0, 0.05) is 13.1 Å². The quantitative estimate of drug-likeness (QED) is 0.146. The SMILES string of the molecule is COC(=O)N[C@H](C(=O)N[C@@H](Cc1ccccc1)[C@H](O)CNC[C@@H](O)[C@H](Cc1ccccc1)N(C(=O)O)C(C)(C)CO)C(C)(C)C. The predicted molar refractivity (Wildman–Crippen MR) is 171 cm³/mol.